The second-order valence-corrected chi connectivity index (χ2v) is 5.68. The van der Waals surface area contributed by atoms with Gasteiger partial charge in [0.05, 0.1) is 0 Å². The summed E-state index contributed by atoms with van der Waals surface area (Å²) in [5.41, 5.74) is 3.65. The third-order valence-electron chi connectivity index (χ3n) is 3.99. The van der Waals surface area contributed by atoms with Crippen LogP contribution in [-0.4, -0.2) is 19.0 Å². The molecule has 0 spiro atoms. The highest BCUT2D eigenvalue weighted by Crippen LogP contribution is 2.22. The van der Waals surface area contributed by atoms with Crippen LogP contribution in [0.4, 0.5) is 4.39 Å². The molecule has 0 aromatic heterocycles. The van der Waals surface area contributed by atoms with E-state index in [0.717, 1.165) is 18.5 Å². The van der Waals surface area contributed by atoms with E-state index in [1.54, 1.807) is 13.0 Å². The maximum Gasteiger partial charge on any atom is 0.251 e. The predicted molar refractivity (Wildman–Crippen MR) is 84.4 cm³/mol. The fourth-order valence-corrected chi connectivity index (χ4v) is 2.94. The van der Waals surface area contributed by atoms with Crippen LogP contribution in [0.15, 0.2) is 42.5 Å². The van der Waals surface area contributed by atoms with Crippen molar-refractivity contribution in [2.75, 3.05) is 13.1 Å². The molecule has 4 heteroatoms. The smallest absolute Gasteiger partial charge is 0.251 e. The van der Waals surface area contributed by atoms with Gasteiger partial charge in [0.2, 0.25) is 0 Å². The van der Waals surface area contributed by atoms with Gasteiger partial charge < -0.3 is 10.6 Å². The number of carbonyl (C=O) groups is 1. The maximum absolute atomic E-state index is 13.4. The Morgan fingerprint density at radius 3 is 2.95 bits per heavy atom. The summed E-state index contributed by atoms with van der Waals surface area (Å²) in [6, 6.07) is 12.7. The van der Waals surface area contributed by atoms with Crippen molar-refractivity contribution in [1.29, 1.82) is 0 Å². The van der Waals surface area contributed by atoms with E-state index in [9.17, 15) is 9.18 Å². The second-order valence-electron chi connectivity index (χ2n) is 5.68. The zero-order valence-electron chi connectivity index (χ0n) is 12.5. The van der Waals surface area contributed by atoms with Gasteiger partial charge in [-0.15, -0.1) is 0 Å². The van der Waals surface area contributed by atoms with Crippen molar-refractivity contribution in [2.45, 2.75) is 19.4 Å². The molecular weight excluding hydrogens is 279 g/mol. The molecule has 0 saturated heterocycles. The van der Waals surface area contributed by atoms with Gasteiger partial charge in [0.1, 0.15) is 5.82 Å². The monoisotopic (exact) mass is 298 g/mol. The largest absolute Gasteiger partial charge is 0.350 e. The van der Waals surface area contributed by atoms with E-state index in [1.165, 1.54) is 23.3 Å². The lowest BCUT2D eigenvalue weighted by Crippen LogP contribution is -2.38. The summed E-state index contributed by atoms with van der Waals surface area (Å²) in [6.07, 6.45) is 1.00. The molecule has 2 aromatic carbocycles. The number of halogens is 1. The zero-order valence-corrected chi connectivity index (χ0v) is 12.5. The highest BCUT2D eigenvalue weighted by Gasteiger charge is 2.19. The first-order valence-electron chi connectivity index (χ1n) is 7.50. The van der Waals surface area contributed by atoms with Crippen LogP contribution < -0.4 is 10.6 Å². The number of rotatable bonds is 3. The third kappa shape index (κ3) is 3.17. The topological polar surface area (TPSA) is 41.1 Å². The number of fused-ring (bicyclic) bond motifs is 1. The van der Waals surface area contributed by atoms with Crippen LogP contribution in [0.2, 0.25) is 0 Å². The van der Waals surface area contributed by atoms with E-state index in [2.05, 4.69) is 22.8 Å². The lowest BCUT2D eigenvalue weighted by atomic mass is 9.94. The highest BCUT2D eigenvalue weighted by atomic mass is 19.1. The Bertz CT molecular complexity index is 679. The number of hydrogen-bond acceptors (Lipinski definition) is 2. The summed E-state index contributed by atoms with van der Waals surface area (Å²) >= 11 is 0. The lowest BCUT2D eigenvalue weighted by molar-refractivity contribution is 0.0948. The molecule has 1 aliphatic heterocycles. The lowest BCUT2D eigenvalue weighted by Gasteiger charge is -2.27. The molecule has 0 radical (unpaired) electrons. The first-order chi connectivity index (χ1) is 10.6. The molecule has 114 valence electrons. The molecule has 3 nitrogen and oxygen atoms in total. The van der Waals surface area contributed by atoms with Crippen molar-refractivity contribution in [1.82, 2.24) is 10.6 Å². The minimum absolute atomic E-state index is 0.101. The Balaban J connectivity index is 1.69. The minimum Gasteiger partial charge on any atom is -0.350 e. The Morgan fingerprint density at radius 1 is 1.32 bits per heavy atom. The highest BCUT2D eigenvalue weighted by molar-refractivity contribution is 5.94. The third-order valence-corrected chi connectivity index (χ3v) is 3.99. The van der Waals surface area contributed by atoms with Gasteiger partial charge in [-0.1, -0.05) is 24.3 Å². The maximum atomic E-state index is 13.4. The van der Waals surface area contributed by atoms with Gasteiger partial charge in [-0.05, 0) is 54.8 Å². The van der Waals surface area contributed by atoms with Gasteiger partial charge in [-0.3, -0.25) is 4.79 Å². The van der Waals surface area contributed by atoms with Gasteiger partial charge in [0.25, 0.3) is 5.91 Å². The Labute approximate surface area is 129 Å². The average Bonchev–Trinajstić information content (AvgIpc) is 2.51. The van der Waals surface area contributed by atoms with Crippen LogP contribution in [-0.2, 0) is 6.42 Å². The fraction of sp³-hybridized carbons (Fsp3) is 0.278. The van der Waals surface area contributed by atoms with Crippen molar-refractivity contribution < 1.29 is 9.18 Å². The summed E-state index contributed by atoms with van der Waals surface area (Å²) in [6.45, 7) is 3.17. The van der Waals surface area contributed by atoms with Gasteiger partial charge in [0, 0.05) is 18.2 Å². The standard InChI is InChI=1S/C18H19FN2O/c1-12-8-14(10-15(19)9-12)18(22)21-11-17-16-5-3-2-4-13(16)6-7-20-17/h2-5,8-10,17,20H,6-7,11H2,1H3,(H,21,22). The van der Waals surface area contributed by atoms with Crippen molar-refractivity contribution in [3.63, 3.8) is 0 Å². The van der Waals surface area contributed by atoms with E-state index >= 15 is 0 Å². The molecule has 2 aromatic rings. The molecule has 1 unspecified atom stereocenters. The number of amides is 1. The molecule has 1 aliphatic rings. The Kier molecular flexibility index (Phi) is 4.20. The average molecular weight is 298 g/mol. The number of aryl methyl sites for hydroxylation is 1. The van der Waals surface area contributed by atoms with Crippen LogP contribution in [0.1, 0.15) is 33.1 Å². The van der Waals surface area contributed by atoms with Crippen LogP contribution in [0.25, 0.3) is 0 Å². The molecule has 0 bridgehead atoms. The Morgan fingerprint density at radius 2 is 2.14 bits per heavy atom. The SMILES string of the molecule is Cc1cc(F)cc(C(=O)NCC2NCCc3ccccc32)c1. The number of hydrogen-bond donors (Lipinski definition) is 2. The van der Waals surface area contributed by atoms with Crippen molar-refractivity contribution in [3.05, 3.63) is 70.5 Å². The molecule has 0 fully saturated rings. The van der Waals surface area contributed by atoms with E-state index in [1.807, 2.05) is 12.1 Å². The van der Waals surface area contributed by atoms with E-state index in [4.69, 9.17) is 0 Å². The summed E-state index contributed by atoms with van der Waals surface area (Å²) in [7, 11) is 0. The van der Waals surface area contributed by atoms with Crippen LogP contribution >= 0.6 is 0 Å². The van der Waals surface area contributed by atoms with E-state index in [0.29, 0.717) is 12.1 Å². The number of nitrogens with one attached hydrogen (secondary N) is 2. The number of benzene rings is 2. The van der Waals surface area contributed by atoms with Crippen molar-refractivity contribution >= 4 is 5.91 Å². The van der Waals surface area contributed by atoms with Crippen molar-refractivity contribution in [2.24, 2.45) is 0 Å². The minimum atomic E-state index is -0.383. The molecule has 0 aliphatic carbocycles. The molecule has 1 amide bonds. The molecule has 3 rings (SSSR count). The molecule has 1 heterocycles. The molecular formula is C18H19FN2O. The summed E-state index contributed by atoms with van der Waals surface area (Å²) in [5, 5.41) is 6.31. The normalized spacial score (nSPS) is 16.9. The molecule has 1 atom stereocenters. The van der Waals surface area contributed by atoms with Gasteiger partial charge in [-0.25, -0.2) is 4.39 Å². The number of carbonyl (C=O) groups excluding carboxylic acids is 1. The van der Waals surface area contributed by atoms with Gasteiger partial charge in [-0.2, -0.15) is 0 Å². The van der Waals surface area contributed by atoms with Crippen LogP contribution in [0.5, 0.6) is 0 Å². The first-order valence-corrected chi connectivity index (χ1v) is 7.50. The summed E-state index contributed by atoms with van der Waals surface area (Å²) in [4.78, 5) is 12.2. The molecule has 22 heavy (non-hydrogen) atoms. The van der Waals surface area contributed by atoms with Crippen molar-refractivity contribution in [3.8, 4) is 0 Å². The predicted octanol–water partition coefficient (Wildman–Crippen LogP) is 2.75. The first kappa shape index (κ1) is 14.7. The Hall–Kier alpha value is -2.20. The van der Waals surface area contributed by atoms with Gasteiger partial charge >= 0.3 is 0 Å². The zero-order chi connectivity index (χ0) is 15.5. The van der Waals surface area contributed by atoms with E-state index in [-0.39, 0.29) is 17.8 Å². The fourth-order valence-electron chi connectivity index (χ4n) is 2.94. The van der Waals surface area contributed by atoms with Gasteiger partial charge in [0.15, 0.2) is 0 Å². The molecule has 2 N–H and O–H groups in total. The van der Waals surface area contributed by atoms with Crippen LogP contribution in [0.3, 0.4) is 0 Å². The quantitative estimate of drug-likeness (QED) is 0.915. The van der Waals surface area contributed by atoms with E-state index < -0.39 is 0 Å². The summed E-state index contributed by atoms with van der Waals surface area (Å²) in [5.74, 6) is -0.626. The second kappa shape index (κ2) is 6.28. The summed E-state index contributed by atoms with van der Waals surface area (Å²) < 4.78 is 13.4. The molecule has 0 saturated carbocycles. The van der Waals surface area contributed by atoms with Crippen LogP contribution in [0, 0.1) is 12.7 Å².